The van der Waals surface area contributed by atoms with Gasteiger partial charge in [-0.05, 0) is 63.1 Å². The van der Waals surface area contributed by atoms with E-state index < -0.39 is 23.3 Å². The van der Waals surface area contributed by atoms with Gasteiger partial charge in [0.1, 0.15) is 12.4 Å². The van der Waals surface area contributed by atoms with Crippen LogP contribution >= 0.6 is 11.6 Å². The number of allylic oxidation sites excluding steroid dienone is 1. The Hall–Kier alpha value is -2.98. The van der Waals surface area contributed by atoms with Gasteiger partial charge in [-0.3, -0.25) is 14.4 Å². The van der Waals surface area contributed by atoms with Crippen LogP contribution in [0.1, 0.15) is 75.5 Å². The molecular formula is C30H42ClN5O5. The fraction of sp³-hybridized carbons (Fsp3) is 0.633. The lowest BCUT2D eigenvalue weighted by molar-refractivity contribution is -0.162. The van der Waals surface area contributed by atoms with E-state index in [1.54, 1.807) is 40.9 Å². The lowest BCUT2D eigenvalue weighted by atomic mass is 9.66. The highest BCUT2D eigenvalue weighted by Crippen LogP contribution is 2.46. The topological polar surface area (TPSA) is 142 Å². The van der Waals surface area contributed by atoms with Crippen LogP contribution in [0.2, 0.25) is 5.02 Å². The number of hydrogen-bond donors (Lipinski definition) is 3. The van der Waals surface area contributed by atoms with Crippen LogP contribution in [-0.4, -0.2) is 71.0 Å². The number of carboxylic acid groups (broad SMARTS) is 1. The molecule has 5 N–H and O–H groups in total. The monoisotopic (exact) mass is 587 g/mol. The number of nitrogens with two attached hydrogens (primary N) is 2. The van der Waals surface area contributed by atoms with Crippen molar-refractivity contribution in [1.29, 1.82) is 0 Å². The van der Waals surface area contributed by atoms with Crippen molar-refractivity contribution in [2.45, 2.75) is 70.8 Å². The number of carbonyl (C=O) groups is 3. The van der Waals surface area contributed by atoms with Gasteiger partial charge in [0.2, 0.25) is 11.8 Å². The van der Waals surface area contributed by atoms with Crippen LogP contribution in [0.15, 0.2) is 23.5 Å². The predicted octanol–water partition coefficient (Wildman–Crippen LogP) is 3.43. The number of hydrogen-bond acceptors (Lipinski definition) is 7. The SMILES string of the molecule is CN(N)/C(=C(\N)COc1ccc(Cl)c2c1C(CN1CCCC1=O)N(C(=O)[C@@H]1CCCC[C@]1(C)C(=O)O)CC2)C1CC1. The second-order valence-corrected chi connectivity index (χ2v) is 12.7. The zero-order valence-electron chi connectivity index (χ0n) is 24.0. The number of amides is 2. The summed E-state index contributed by atoms with van der Waals surface area (Å²) in [6.45, 7) is 3.11. The van der Waals surface area contributed by atoms with Gasteiger partial charge in [-0.15, -0.1) is 0 Å². The maximum Gasteiger partial charge on any atom is 0.310 e. The van der Waals surface area contributed by atoms with Crippen LogP contribution in [0.4, 0.5) is 0 Å². The summed E-state index contributed by atoms with van der Waals surface area (Å²) in [5, 5.41) is 12.3. The number of benzene rings is 1. The number of nitrogens with zero attached hydrogens (tertiary/aromatic N) is 3. The van der Waals surface area contributed by atoms with E-state index in [4.69, 9.17) is 27.9 Å². The quantitative estimate of drug-likeness (QED) is 0.295. The summed E-state index contributed by atoms with van der Waals surface area (Å²) in [6, 6.07) is 3.07. The zero-order chi connectivity index (χ0) is 29.5. The third kappa shape index (κ3) is 5.73. The molecule has 2 heterocycles. The molecule has 3 atom stereocenters. The maximum atomic E-state index is 14.3. The Kier molecular flexibility index (Phi) is 8.43. The molecule has 0 radical (unpaired) electrons. The Morgan fingerprint density at radius 3 is 2.56 bits per heavy atom. The predicted molar refractivity (Wildman–Crippen MR) is 155 cm³/mol. The number of likely N-dealkylation sites (tertiary alicyclic amines) is 1. The third-order valence-electron chi connectivity index (χ3n) is 9.47. The van der Waals surface area contributed by atoms with Crippen molar-refractivity contribution in [3.8, 4) is 5.75 Å². The fourth-order valence-electron chi connectivity index (χ4n) is 7.01. The molecule has 2 amide bonds. The second kappa shape index (κ2) is 11.7. The minimum Gasteiger partial charge on any atom is -0.487 e. The largest absolute Gasteiger partial charge is 0.487 e. The summed E-state index contributed by atoms with van der Waals surface area (Å²) in [6.07, 6.45) is 6.39. The molecule has 2 aliphatic carbocycles. The van der Waals surface area contributed by atoms with Crippen molar-refractivity contribution in [2.75, 3.05) is 33.3 Å². The number of ether oxygens (including phenoxy) is 1. The Morgan fingerprint density at radius 2 is 1.93 bits per heavy atom. The van der Waals surface area contributed by atoms with Crippen molar-refractivity contribution >= 4 is 29.4 Å². The molecule has 2 saturated carbocycles. The summed E-state index contributed by atoms with van der Waals surface area (Å²) >= 11 is 6.72. The number of carbonyl (C=O) groups excluding carboxylic acids is 2. The minimum atomic E-state index is -1.13. The number of halogens is 1. The van der Waals surface area contributed by atoms with Gasteiger partial charge >= 0.3 is 5.97 Å². The van der Waals surface area contributed by atoms with E-state index in [-0.39, 0.29) is 18.4 Å². The van der Waals surface area contributed by atoms with Crippen LogP contribution < -0.4 is 16.3 Å². The van der Waals surface area contributed by atoms with Gasteiger partial charge < -0.3 is 30.4 Å². The molecule has 0 bridgehead atoms. The van der Waals surface area contributed by atoms with Crippen LogP contribution in [-0.2, 0) is 20.8 Å². The van der Waals surface area contributed by atoms with Crippen LogP contribution in [0.25, 0.3) is 0 Å². The number of carboxylic acids is 1. The van der Waals surface area contributed by atoms with Crippen molar-refractivity contribution in [3.63, 3.8) is 0 Å². The fourth-order valence-corrected chi connectivity index (χ4v) is 7.27. The van der Waals surface area contributed by atoms with Crippen molar-refractivity contribution in [1.82, 2.24) is 14.8 Å². The van der Waals surface area contributed by atoms with E-state index in [0.717, 1.165) is 48.9 Å². The second-order valence-electron chi connectivity index (χ2n) is 12.3. The van der Waals surface area contributed by atoms with Crippen molar-refractivity contribution < 1.29 is 24.2 Å². The summed E-state index contributed by atoms with van der Waals surface area (Å²) < 4.78 is 6.35. The lowest BCUT2D eigenvalue weighted by Gasteiger charge is -2.45. The number of rotatable bonds is 9. The number of fused-ring (bicyclic) bond motifs is 1. The van der Waals surface area contributed by atoms with Crippen LogP contribution in [0.5, 0.6) is 5.75 Å². The van der Waals surface area contributed by atoms with Gasteiger partial charge in [-0.1, -0.05) is 24.4 Å². The summed E-state index contributed by atoms with van der Waals surface area (Å²) in [7, 11) is 1.77. The van der Waals surface area contributed by atoms with Gasteiger partial charge in [0, 0.05) is 49.6 Å². The third-order valence-corrected chi connectivity index (χ3v) is 9.82. The summed E-state index contributed by atoms with van der Waals surface area (Å²) in [5.41, 5.74) is 8.40. The normalized spacial score (nSPS) is 26.9. The van der Waals surface area contributed by atoms with E-state index in [1.165, 1.54) is 0 Å². The van der Waals surface area contributed by atoms with Gasteiger partial charge in [0.05, 0.1) is 28.8 Å². The van der Waals surface area contributed by atoms with E-state index in [2.05, 4.69) is 0 Å². The van der Waals surface area contributed by atoms with Gasteiger partial charge in [0.25, 0.3) is 0 Å². The first-order valence-electron chi connectivity index (χ1n) is 14.8. The van der Waals surface area contributed by atoms with Gasteiger partial charge in [0.15, 0.2) is 0 Å². The maximum absolute atomic E-state index is 14.3. The first kappa shape index (κ1) is 29.5. The average molecular weight is 588 g/mol. The smallest absolute Gasteiger partial charge is 0.310 e. The lowest BCUT2D eigenvalue weighted by Crippen LogP contribution is -2.52. The molecule has 41 heavy (non-hydrogen) atoms. The molecule has 4 aliphatic rings. The number of hydrazine groups is 1. The molecular weight excluding hydrogens is 546 g/mol. The van der Waals surface area contributed by atoms with E-state index in [9.17, 15) is 19.5 Å². The molecule has 1 saturated heterocycles. The molecule has 1 aromatic carbocycles. The molecule has 3 fully saturated rings. The highest BCUT2D eigenvalue weighted by atomic mass is 35.5. The van der Waals surface area contributed by atoms with E-state index in [1.807, 2.05) is 0 Å². The first-order valence-corrected chi connectivity index (χ1v) is 15.1. The Bertz CT molecular complexity index is 1240. The summed E-state index contributed by atoms with van der Waals surface area (Å²) in [5.74, 6) is 5.24. The Labute approximate surface area is 246 Å². The van der Waals surface area contributed by atoms with E-state index in [0.29, 0.717) is 67.7 Å². The van der Waals surface area contributed by atoms with Crippen molar-refractivity contribution in [3.05, 3.63) is 39.7 Å². The van der Waals surface area contributed by atoms with Crippen LogP contribution in [0.3, 0.4) is 0 Å². The highest BCUT2D eigenvalue weighted by molar-refractivity contribution is 6.31. The number of aliphatic carboxylic acids is 1. The molecule has 10 nitrogen and oxygen atoms in total. The Balaban J connectivity index is 1.52. The zero-order valence-corrected chi connectivity index (χ0v) is 24.8. The first-order chi connectivity index (χ1) is 19.5. The highest BCUT2D eigenvalue weighted by Gasteiger charge is 2.50. The molecule has 2 aliphatic heterocycles. The molecule has 5 rings (SSSR count). The van der Waals surface area contributed by atoms with Gasteiger partial charge in [-0.25, -0.2) is 5.84 Å². The Morgan fingerprint density at radius 1 is 1.17 bits per heavy atom. The van der Waals surface area contributed by atoms with Crippen molar-refractivity contribution in [2.24, 2.45) is 28.8 Å². The standard InChI is InChI=1S/C30H42ClN5O5/c1-30(29(39)40)13-4-3-6-20(30)28(38)36-15-12-19-21(31)10-11-24(26(19)23(36)16-35-14-5-7-25(35)37)41-17-22(32)27(34(2)33)18-8-9-18/h10-11,18,20,23H,3-9,12-17,32-33H2,1-2H3,(H,39,40)/b27-22-/t20-,23?,30-/m0/s1. The summed E-state index contributed by atoms with van der Waals surface area (Å²) in [4.78, 5) is 43.0. The van der Waals surface area contributed by atoms with Gasteiger partial charge in [-0.2, -0.15) is 0 Å². The molecule has 224 valence electrons. The van der Waals surface area contributed by atoms with E-state index >= 15 is 0 Å². The average Bonchev–Trinajstić information content (AvgIpc) is 3.68. The van der Waals surface area contributed by atoms with Crippen LogP contribution in [0, 0.1) is 17.3 Å². The molecule has 1 aromatic rings. The molecule has 1 unspecified atom stereocenters. The molecule has 0 aromatic heterocycles. The minimum absolute atomic E-state index is 0.0503. The molecule has 0 spiro atoms. The molecule has 11 heteroatoms.